The maximum atomic E-state index is 8.87. The number of hydrogen-bond acceptors (Lipinski definition) is 3. The Hall–Kier alpha value is -0.120. The second kappa shape index (κ2) is 4.04. The van der Waals surface area contributed by atoms with Gasteiger partial charge in [0.2, 0.25) is 0 Å². The molecule has 0 radical (unpaired) electrons. The van der Waals surface area contributed by atoms with Gasteiger partial charge in [0.15, 0.2) is 0 Å². The van der Waals surface area contributed by atoms with Gasteiger partial charge in [-0.25, -0.2) is 0 Å². The van der Waals surface area contributed by atoms with E-state index in [4.69, 9.17) is 10.8 Å². The molecule has 3 nitrogen and oxygen atoms in total. The maximum absolute atomic E-state index is 8.87. The standard InChI is InChI=1S/C8H18N2O/c1-10-4-8(5-10)2-7(3-9)6-11/h7-8,11H,2-6,9H2,1H3. The van der Waals surface area contributed by atoms with Crippen LogP contribution in [0.3, 0.4) is 0 Å². The van der Waals surface area contributed by atoms with Crippen molar-refractivity contribution in [2.45, 2.75) is 6.42 Å². The van der Waals surface area contributed by atoms with Gasteiger partial charge in [-0.3, -0.25) is 0 Å². The minimum Gasteiger partial charge on any atom is -0.396 e. The average Bonchev–Trinajstić information content (AvgIpc) is 1.96. The molecule has 1 heterocycles. The molecule has 0 amide bonds. The van der Waals surface area contributed by atoms with Crippen molar-refractivity contribution < 1.29 is 5.11 Å². The average molecular weight is 158 g/mol. The van der Waals surface area contributed by atoms with E-state index in [1.165, 1.54) is 13.1 Å². The molecule has 0 aliphatic carbocycles. The van der Waals surface area contributed by atoms with Crippen LogP contribution in [0.1, 0.15) is 6.42 Å². The Morgan fingerprint density at radius 3 is 2.64 bits per heavy atom. The summed E-state index contributed by atoms with van der Waals surface area (Å²) >= 11 is 0. The lowest BCUT2D eigenvalue weighted by atomic mass is 9.89. The van der Waals surface area contributed by atoms with Gasteiger partial charge in [0.1, 0.15) is 0 Å². The van der Waals surface area contributed by atoms with E-state index in [9.17, 15) is 0 Å². The molecule has 1 aliphatic rings. The van der Waals surface area contributed by atoms with Crippen LogP contribution in [-0.4, -0.2) is 43.3 Å². The first-order chi connectivity index (χ1) is 5.26. The van der Waals surface area contributed by atoms with E-state index in [-0.39, 0.29) is 6.61 Å². The number of likely N-dealkylation sites (tertiary alicyclic amines) is 1. The third kappa shape index (κ3) is 2.43. The quantitative estimate of drug-likeness (QED) is 0.580. The van der Waals surface area contributed by atoms with Crippen LogP contribution in [0.4, 0.5) is 0 Å². The van der Waals surface area contributed by atoms with E-state index >= 15 is 0 Å². The molecule has 0 aromatic carbocycles. The topological polar surface area (TPSA) is 49.5 Å². The molecule has 3 N–H and O–H groups in total. The van der Waals surface area contributed by atoms with E-state index in [2.05, 4.69) is 11.9 Å². The molecule has 1 rings (SSSR count). The van der Waals surface area contributed by atoms with Gasteiger partial charge in [-0.05, 0) is 31.8 Å². The molecule has 11 heavy (non-hydrogen) atoms. The number of aliphatic hydroxyl groups excluding tert-OH is 1. The molecule has 0 bridgehead atoms. The summed E-state index contributed by atoms with van der Waals surface area (Å²) in [6.07, 6.45) is 1.09. The molecular formula is C8H18N2O. The second-order valence-electron chi connectivity index (χ2n) is 3.61. The Labute approximate surface area is 68.2 Å². The zero-order chi connectivity index (χ0) is 8.27. The van der Waals surface area contributed by atoms with Crippen LogP contribution in [0.2, 0.25) is 0 Å². The summed E-state index contributed by atoms with van der Waals surface area (Å²) in [7, 11) is 2.12. The molecule has 0 spiro atoms. The molecule has 1 fully saturated rings. The fourth-order valence-corrected chi connectivity index (χ4v) is 1.69. The number of hydrogen-bond donors (Lipinski definition) is 2. The first-order valence-corrected chi connectivity index (χ1v) is 4.25. The first kappa shape index (κ1) is 8.97. The third-order valence-electron chi connectivity index (χ3n) is 2.40. The smallest absolute Gasteiger partial charge is 0.0471 e. The highest BCUT2D eigenvalue weighted by atomic mass is 16.3. The van der Waals surface area contributed by atoms with Crippen molar-refractivity contribution >= 4 is 0 Å². The van der Waals surface area contributed by atoms with Crippen LogP contribution in [-0.2, 0) is 0 Å². The highest BCUT2D eigenvalue weighted by molar-refractivity contribution is 4.79. The van der Waals surface area contributed by atoms with E-state index in [0.717, 1.165) is 12.3 Å². The minimum absolute atomic E-state index is 0.247. The summed E-state index contributed by atoms with van der Waals surface area (Å²) in [5.74, 6) is 1.11. The van der Waals surface area contributed by atoms with Crippen molar-refractivity contribution in [3.05, 3.63) is 0 Å². The van der Waals surface area contributed by atoms with Crippen LogP contribution < -0.4 is 5.73 Å². The summed E-state index contributed by atoms with van der Waals surface area (Å²) in [4.78, 5) is 2.29. The van der Waals surface area contributed by atoms with E-state index in [1.54, 1.807) is 0 Å². The fraction of sp³-hybridized carbons (Fsp3) is 1.00. The van der Waals surface area contributed by atoms with Crippen LogP contribution >= 0.6 is 0 Å². The third-order valence-corrected chi connectivity index (χ3v) is 2.40. The zero-order valence-electron chi connectivity index (χ0n) is 7.16. The van der Waals surface area contributed by atoms with Crippen molar-refractivity contribution in [2.75, 3.05) is 33.3 Å². The fourth-order valence-electron chi connectivity index (χ4n) is 1.69. The van der Waals surface area contributed by atoms with E-state index < -0.39 is 0 Å². The second-order valence-corrected chi connectivity index (χ2v) is 3.61. The van der Waals surface area contributed by atoms with Crippen molar-refractivity contribution in [1.82, 2.24) is 4.90 Å². The number of rotatable bonds is 4. The van der Waals surface area contributed by atoms with Crippen LogP contribution in [0.15, 0.2) is 0 Å². The Balaban J connectivity index is 2.09. The zero-order valence-corrected chi connectivity index (χ0v) is 7.16. The van der Waals surface area contributed by atoms with Crippen LogP contribution in [0.25, 0.3) is 0 Å². The highest BCUT2D eigenvalue weighted by Gasteiger charge is 2.25. The monoisotopic (exact) mass is 158 g/mol. The number of nitrogens with two attached hydrogens (primary N) is 1. The number of nitrogens with zero attached hydrogens (tertiary/aromatic N) is 1. The Bertz CT molecular complexity index is 109. The summed E-state index contributed by atoms with van der Waals surface area (Å²) < 4.78 is 0. The molecule has 3 heteroatoms. The number of aliphatic hydroxyl groups is 1. The van der Waals surface area contributed by atoms with E-state index in [0.29, 0.717) is 12.5 Å². The predicted molar refractivity (Wildman–Crippen MR) is 45.2 cm³/mol. The lowest BCUT2D eigenvalue weighted by Crippen LogP contribution is -2.45. The van der Waals surface area contributed by atoms with Gasteiger partial charge in [-0.2, -0.15) is 0 Å². The summed E-state index contributed by atoms with van der Waals surface area (Å²) in [5, 5.41) is 8.87. The lowest BCUT2D eigenvalue weighted by Gasteiger charge is -2.37. The first-order valence-electron chi connectivity index (χ1n) is 4.25. The van der Waals surface area contributed by atoms with Gasteiger partial charge in [0.05, 0.1) is 0 Å². The molecule has 0 aromatic rings. The van der Waals surface area contributed by atoms with Gasteiger partial charge in [0.25, 0.3) is 0 Å². The normalized spacial score (nSPS) is 23.2. The van der Waals surface area contributed by atoms with Gasteiger partial charge in [-0.15, -0.1) is 0 Å². The van der Waals surface area contributed by atoms with Crippen LogP contribution in [0.5, 0.6) is 0 Å². The van der Waals surface area contributed by atoms with Crippen molar-refractivity contribution in [1.29, 1.82) is 0 Å². The molecule has 1 saturated heterocycles. The van der Waals surface area contributed by atoms with Crippen molar-refractivity contribution in [3.63, 3.8) is 0 Å². The largest absolute Gasteiger partial charge is 0.396 e. The predicted octanol–water partition coefficient (Wildman–Crippen LogP) is -0.495. The maximum Gasteiger partial charge on any atom is 0.0471 e. The molecule has 1 aliphatic heterocycles. The van der Waals surface area contributed by atoms with Crippen molar-refractivity contribution in [2.24, 2.45) is 17.6 Å². The lowest BCUT2D eigenvalue weighted by molar-refractivity contribution is 0.0962. The SMILES string of the molecule is CN1CC(CC(CN)CO)C1. The molecule has 1 atom stereocenters. The molecular weight excluding hydrogens is 140 g/mol. The van der Waals surface area contributed by atoms with Gasteiger partial charge in [-0.1, -0.05) is 0 Å². The van der Waals surface area contributed by atoms with Gasteiger partial charge < -0.3 is 15.7 Å². The molecule has 66 valence electrons. The van der Waals surface area contributed by atoms with Crippen LogP contribution in [0, 0.1) is 11.8 Å². The molecule has 1 unspecified atom stereocenters. The summed E-state index contributed by atoms with van der Waals surface area (Å²) in [5.41, 5.74) is 5.47. The van der Waals surface area contributed by atoms with Gasteiger partial charge in [0, 0.05) is 19.7 Å². The van der Waals surface area contributed by atoms with Crippen molar-refractivity contribution in [3.8, 4) is 0 Å². The minimum atomic E-state index is 0.247. The Morgan fingerprint density at radius 2 is 2.27 bits per heavy atom. The highest BCUT2D eigenvalue weighted by Crippen LogP contribution is 2.20. The van der Waals surface area contributed by atoms with Gasteiger partial charge >= 0.3 is 0 Å². The van der Waals surface area contributed by atoms with E-state index in [1.807, 2.05) is 0 Å². The summed E-state index contributed by atoms with van der Waals surface area (Å²) in [6, 6.07) is 0. The molecule has 0 saturated carbocycles. The summed E-state index contributed by atoms with van der Waals surface area (Å²) in [6.45, 7) is 3.22. The Morgan fingerprint density at radius 1 is 1.64 bits per heavy atom. The Kier molecular flexibility index (Phi) is 3.30. The molecule has 0 aromatic heterocycles.